The van der Waals surface area contributed by atoms with Crippen molar-refractivity contribution in [2.75, 3.05) is 0 Å². The first kappa shape index (κ1) is 10.2. The molecule has 0 aliphatic heterocycles. The van der Waals surface area contributed by atoms with Crippen molar-refractivity contribution in [3.05, 3.63) is 17.2 Å². The quantitative estimate of drug-likeness (QED) is 0.667. The predicted octanol–water partition coefficient (Wildman–Crippen LogP) is -0.0679. The van der Waals surface area contributed by atoms with Gasteiger partial charge in [-0.1, -0.05) is 17.1 Å². The Morgan fingerprint density at radius 1 is 1.53 bits per heavy atom. The molecule has 15 heavy (non-hydrogen) atoms. The fourth-order valence-corrected chi connectivity index (χ4v) is 1.72. The molecule has 0 unspecified atom stereocenters. The summed E-state index contributed by atoms with van der Waals surface area (Å²) in [6.07, 6.45) is 0. The van der Waals surface area contributed by atoms with E-state index >= 15 is 0 Å². The number of hydrogen-bond acceptors (Lipinski definition) is 3. The fourth-order valence-electron chi connectivity index (χ4n) is 1.46. The molecule has 0 saturated carbocycles. The lowest BCUT2D eigenvalue weighted by Gasteiger charge is -1.93. The summed E-state index contributed by atoms with van der Waals surface area (Å²) in [5.41, 5.74) is 2.48. The van der Waals surface area contributed by atoms with Crippen LogP contribution in [0.25, 0.3) is 11.0 Å². The summed E-state index contributed by atoms with van der Waals surface area (Å²) in [5.74, 6) is 0.0269. The lowest BCUT2D eigenvalue weighted by atomic mass is 9.95. The number of carbonyl (C=O) groups is 1. The van der Waals surface area contributed by atoms with Gasteiger partial charge in [0.05, 0.1) is 0 Å². The zero-order valence-electron chi connectivity index (χ0n) is 8.49. The minimum atomic E-state index is 0.0269. The summed E-state index contributed by atoms with van der Waals surface area (Å²) >= 11 is 5.89. The van der Waals surface area contributed by atoms with E-state index in [1.807, 2.05) is 13.9 Å². The van der Waals surface area contributed by atoms with Gasteiger partial charge < -0.3 is 0 Å². The van der Waals surface area contributed by atoms with Crippen molar-refractivity contribution in [1.29, 1.82) is 0 Å². The third kappa shape index (κ3) is 2.02. The van der Waals surface area contributed by atoms with Crippen LogP contribution in [0.4, 0.5) is 0 Å². The Bertz CT molecular complexity index is 537. The van der Waals surface area contributed by atoms with E-state index in [1.165, 1.54) is 11.7 Å². The molecule has 1 aromatic heterocycles. The van der Waals surface area contributed by atoms with Crippen LogP contribution in [0.3, 0.4) is 0 Å². The number of Topliss-reactive ketones (excluding diaryl/α,β-unsaturated/α-hetero) is 1. The Morgan fingerprint density at radius 2 is 2.27 bits per heavy atom. The fraction of sp³-hybridized carbons (Fsp3) is 0.222. The van der Waals surface area contributed by atoms with Crippen LogP contribution in [0.15, 0.2) is 12.1 Å². The smallest absolute Gasteiger partial charge is 0.153 e. The van der Waals surface area contributed by atoms with E-state index in [9.17, 15) is 4.79 Å². The van der Waals surface area contributed by atoms with E-state index in [4.69, 9.17) is 11.6 Å². The van der Waals surface area contributed by atoms with Crippen molar-refractivity contribution in [3.8, 4) is 0 Å². The minimum Gasteiger partial charge on any atom is -0.298 e. The third-order valence-corrected chi connectivity index (χ3v) is 2.27. The first-order valence-electron chi connectivity index (χ1n) is 4.56. The number of rotatable bonds is 2. The van der Waals surface area contributed by atoms with E-state index in [0.29, 0.717) is 5.02 Å². The molecule has 6 heteroatoms. The molecule has 4 nitrogen and oxygen atoms in total. The third-order valence-electron chi connectivity index (χ3n) is 2.05. The Kier molecular flexibility index (Phi) is 2.48. The maximum atomic E-state index is 10.9. The number of carbonyl (C=O) groups excluding carboxylic acids is 1. The highest BCUT2D eigenvalue weighted by Gasteiger charge is 2.07. The first-order valence-corrected chi connectivity index (χ1v) is 4.94. The summed E-state index contributed by atoms with van der Waals surface area (Å²) in [5, 5.41) is 9.03. The Morgan fingerprint density at radius 3 is 2.93 bits per heavy atom. The van der Waals surface area contributed by atoms with Gasteiger partial charge in [-0.3, -0.25) is 4.79 Å². The Hall–Kier alpha value is -1.36. The van der Waals surface area contributed by atoms with Crippen LogP contribution in [0.2, 0.25) is 5.02 Å². The molecule has 0 spiro atoms. The van der Waals surface area contributed by atoms with Gasteiger partial charge in [0.25, 0.3) is 0 Å². The number of hydrogen-bond donors (Lipinski definition) is 0. The average molecular weight is 221 g/mol. The van der Waals surface area contributed by atoms with E-state index in [1.54, 1.807) is 6.07 Å². The Labute approximate surface area is 92.6 Å². The minimum absolute atomic E-state index is 0.0269. The normalized spacial score (nSPS) is 10.8. The molecule has 2 aromatic rings. The van der Waals surface area contributed by atoms with E-state index in [-0.39, 0.29) is 12.3 Å². The van der Waals surface area contributed by atoms with Gasteiger partial charge in [0.1, 0.15) is 25.4 Å². The summed E-state index contributed by atoms with van der Waals surface area (Å²) in [6.45, 7) is 1.71. The van der Waals surface area contributed by atoms with E-state index in [2.05, 4.69) is 10.2 Å². The number of halogens is 1. The van der Waals surface area contributed by atoms with E-state index < -0.39 is 0 Å². The molecular weight excluding hydrogens is 212 g/mol. The highest BCUT2D eigenvalue weighted by molar-refractivity contribution is 6.40. The molecule has 0 radical (unpaired) electrons. The van der Waals surface area contributed by atoms with Crippen molar-refractivity contribution in [3.63, 3.8) is 0 Å². The molecule has 0 atom stereocenters. The van der Waals surface area contributed by atoms with Crippen LogP contribution in [0.1, 0.15) is 6.92 Å². The number of aromatic nitrogens is 3. The zero-order chi connectivity index (χ0) is 11.0. The molecule has 0 fully saturated rings. The van der Waals surface area contributed by atoms with E-state index in [0.717, 1.165) is 16.5 Å². The summed E-state index contributed by atoms with van der Waals surface area (Å²) < 4.78 is 0. The second-order valence-electron chi connectivity index (χ2n) is 3.52. The molecule has 0 aliphatic carbocycles. The van der Waals surface area contributed by atoms with Crippen LogP contribution >= 0.6 is 11.6 Å². The maximum absolute atomic E-state index is 10.9. The topological polar surface area (TPSA) is 47.8 Å². The Balaban J connectivity index is 2.55. The predicted molar refractivity (Wildman–Crippen MR) is 61.4 cm³/mol. The molecule has 2 rings (SSSR count). The second kappa shape index (κ2) is 3.66. The van der Waals surface area contributed by atoms with Gasteiger partial charge in [0, 0.05) is 5.02 Å². The lowest BCUT2D eigenvalue weighted by molar-refractivity contribution is -0.117. The highest BCUT2D eigenvalue weighted by Crippen LogP contribution is 2.13. The molecule has 0 amide bonds. The van der Waals surface area contributed by atoms with Gasteiger partial charge in [-0.2, -0.15) is 15.0 Å². The highest BCUT2D eigenvalue weighted by atomic mass is 35.5. The number of ketones is 1. The average Bonchev–Trinajstić information content (AvgIpc) is 2.45. The van der Waals surface area contributed by atoms with Crippen molar-refractivity contribution < 1.29 is 4.79 Å². The van der Waals surface area contributed by atoms with Crippen LogP contribution in [-0.2, 0) is 11.3 Å². The monoisotopic (exact) mass is 221 g/mol. The standard InChI is InChI=1S/C9H9BClN3O/c1-5(15)4-14-12-8-3-6(11)2-7(10)9(8)13-14/h2-3H,4,10H2,1H3. The largest absolute Gasteiger partial charge is 0.298 e. The number of nitrogens with zero attached hydrogens (tertiary/aromatic N) is 3. The molecule has 0 N–H and O–H groups in total. The van der Waals surface area contributed by atoms with Crippen molar-refractivity contribution in [1.82, 2.24) is 15.0 Å². The van der Waals surface area contributed by atoms with Gasteiger partial charge in [0.2, 0.25) is 0 Å². The molecule has 0 aliphatic rings. The molecule has 76 valence electrons. The maximum Gasteiger partial charge on any atom is 0.153 e. The van der Waals surface area contributed by atoms with Crippen molar-refractivity contribution in [2.45, 2.75) is 13.5 Å². The van der Waals surface area contributed by atoms with Gasteiger partial charge in [0.15, 0.2) is 5.78 Å². The molecule has 0 bridgehead atoms. The van der Waals surface area contributed by atoms with Gasteiger partial charge in [-0.15, -0.1) is 0 Å². The van der Waals surface area contributed by atoms with Gasteiger partial charge in [-0.25, -0.2) is 0 Å². The summed E-state index contributed by atoms with van der Waals surface area (Å²) in [6, 6.07) is 3.57. The summed E-state index contributed by atoms with van der Waals surface area (Å²) in [7, 11) is 1.92. The van der Waals surface area contributed by atoms with Gasteiger partial charge >= 0.3 is 0 Å². The van der Waals surface area contributed by atoms with Crippen LogP contribution in [0, 0.1) is 0 Å². The molecular formula is C9H9BClN3O. The lowest BCUT2D eigenvalue weighted by Crippen LogP contribution is -2.10. The van der Waals surface area contributed by atoms with Crippen molar-refractivity contribution >= 4 is 41.7 Å². The van der Waals surface area contributed by atoms with Gasteiger partial charge in [-0.05, 0) is 19.1 Å². The zero-order valence-corrected chi connectivity index (χ0v) is 9.25. The first-order chi connectivity index (χ1) is 7.06. The van der Waals surface area contributed by atoms with Crippen LogP contribution < -0.4 is 5.46 Å². The van der Waals surface area contributed by atoms with Crippen molar-refractivity contribution in [2.24, 2.45) is 0 Å². The van der Waals surface area contributed by atoms with Crippen LogP contribution in [-0.4, -0.2) is 28.6 Å². The number of fused-ring (bicyclic) bond motifs is 1. The van der Waals surface area contributed by atoms with Crippen LogP contribution in [0.5, 0.6) is 0 Å². The number of benzene rings is 1. The second-order valence-corrected chi connectivity index (χ2v) is 3.96. The molecule has 1 heterocycles. The molecule has 0 saturated heterocycles. The SMILES string of the molecule is Bc1cc(Cl)cc2nn(CC(C)=O)nc12. The summed E-state index contributed by atoms with van der Waals surface area (Å²) in [4.78, 5) is 12.3. The molecule has 1 aromatic carbocycles.